The Kier molecular flexibility index (Phi) is 4.91. The zero-order valence-corrected chi connectivity index (χ0v) is 17.3. The number of hydrogen-bond donors (Lipinski definition) is 1. The van der Waals surface area contributed by atoms with E-state index in [0.29, 0.717) is 12.0 Å². The summed E-state index contributed by atoms with van der Waals surface area (Å²) in [6, 6.07) is 9.15. The fourth-order valence-corrected chi connectivity index (χ4v) is 6.45. The molecule has 2 bridgehead atoms. The summed E-state index contributed by atoms with van der Waals surface area (Å²) in [4.78, 5) is 5.24. The molecular formula is C22H28ClN3S. The summed E-state index contributed by atoms with van der Waals surface area (Å²) in [5.41, 5.74) is 2.56. The highest BCUT2D eigenvalue weighted by Crippen LogP contribution is 2.45. The number of rotatable bonds is 1. The Hall–Kier alpha value is -1.10. The minimum Gasteiger partial charge on any atom is -0.342 e. The van der Waals surface area contributed by atoms with E-state index < -0.39 is 0 Å². The predicted octanol–water partition coefficient (Wildman–Crippen LogP) is 4.93. The van der Waals surface area contributed by atoms with Crippen LogP contribution in [0.3, 0.4) is 0 Å². The third-order valence-electron chi connectivity index (χ3n) is 7.03. The van der Waals surface area contributed by atoms with Gasteiger partial charge in [-0.1, -0.05) is 41.8 Å². The van der Waals surface area contributed by atoms with E-state index in [9.17, 15) is 0 Å². The summed E-state index contributed by atoms with van der Waals surface area (Å²) in [7, 11) is 0. The van der Waals surface area contributed by atoms with Crippen molar-refractivity contribution in [2.24, 2.45) is 11.8 Å². The summed E-state index contributed by atoms with van der Waals surface area (Å²) < 4.78 is 0. The maximum atomic E-state index is 6.35. The molecule has 1 aromatic carbocycles. The first-order valence-corrected chi connectivity index (χ1v) is 11.3. The van der Waals surface area contributed by atoms with E-state index in [-0.39, 0.29) is 0 Å². The van der Waals surface area contributed by atoms with Crippen LogP contribution in [0.1, 0.15) is 38.5 Å². The molecule has 4 atom stereocenters. The van der Waals surface area contributed by atoms with E-state index in [1.807, 2.05) is 24.3 Å². The van der Waals surface area contributed by atoms with Crippen LogP contribution < -0.4 is 5.32 Å². The zero-order valence-electron chi connectivity index (χ0n) is 15.7. The molecule has 3 saturated heterocycles. The lowest BCUT2D eigenvalue weighted by Gasteiger charge is -2.55. The van der Waals surface area contributed by atoms with Crippen LogP contribution in [0.15, 0.2) is 35.9 Å². The van der Waals surface area contributed by atoms with Gasteiger partial charge in [-0.3, -0.25) is 4.90 Å². The van der Waals surface area contributed by atoms with Gasteiger partial charge in [0.25, 0.3) is 0 Å². The summed E-state index contributed by atoms with van der Waals surface area (Å²) >= 11 is 12.2. The van der Waals surface area contributed by atoms with Crippen molar-refractivity contribution in [2.45, 2.75) is 50.6 Å². The molecule has 0 saturated carbocycles. The highest BCUT2D eigenvalue weighted by molar-refractivity contribution is 7.80. The molecule has 0 aromatic heterocycles. The Morgan fingerprint density at radius 2 is 2.04 bits per heavy atom. The van der Waals surface area contributed by atoms with Crippen molar-refractivity contribution in [2.75, 3.05) is 25.0 Å². The van der Waals surface area contributed by atoms with Gasteiger partial charge in [0.15, 0.2) is 5.11 Å². The van der Waals surface area contributed by atoms with Crippen LogP contribution in [0, 0.1) is 11.8 Å². The van der Waals surface area contributed by atoms with Gasteiger partial charge in [-0.2, -0.15) is 0 Å². The standard InChI is InChI=1S/C22H28ClN3S/c23-18-7-1-2-8-19(18)24-22(27)26-11-5-6-15-12-16-13-17(21(15)26)14-25-10-4-3-9-20(16)25/h1-2,7-8,12,16-17,20-21H,3-6,9-11,13-14H2,(H,24,27)/t16-,17+,20-,21-/m1/s1. The number of benzene rings is 1. The summed E-state index contributed by atoms with van der Waals surface area (Å²) in [6.07, 6.45) is 10.6. The second kappa shape index (κ2) is 7.38. The molecule has 27 heavy (non-hydrogen) atoms. The van der Waals surface area contributed by atoms with Gasteiger partial charge in [-0.05, 0) is 74.8 Å². The molecule has 1 aliphatic carbocycles. The largest absolute Gasteiger partial charge is 0.342 e. The predicted molar refractivity (Wildman–Crippen MR) is 116 cm³/mol. The number of nitrogens with one attached hydrogen (secondary N) is 1. The first-order chi connectivity index (χ1) is 13.2. The van der Waals surface area contributed by atoms with Gasteiger partial charge in [0.05, 0.1) is 16.8 Å². The van der Waals surface area contributed by atoms with Crippen LogP contribution in [-0.2, 0) is 0 Å². The molecule has 1 N–H and O–H groups in total. The normalized spacial score (nSPS) is 32.9. The van der Waals surface area contributed by atoms with Gasteiger partial charge in [0, 0.05) is 19.1 Å². The molecular weight excluding hydrogens is 374 g/mol. The molecule has 0 unspecified atom stereocenters. The Labute approximate surface area is 172 Å². The Morgan fingerprint density at radius 3 is 2.93 bits per heavy atom. The average Bonchev–Trinajstić information content (AvgIpc) is 2.69. The molecule has 0 amide bonds. The first kappa shape index (κ1) is 18.0. The number of hydrogen-bond acceptors (Lipinski definition) is 2. The van der Waals surface area contributed by atoms with Crippen LogP contribution in [0.2, 0.25) is 5.02 Å². The molecule has 5 rings (SSSR count). The number of anilines is 1. The first-order valence-electron chi connectivity index (χ1n) is 10.5. The Bertz CT molecular complexity index is 764. The number of likely N-dealkylation sites (tertiary alicyclic amines) is 1. The van der Waals surface area contributed by atoms with Crippen LogP contribution in [0.25, 0.3) is 0 Å². The lowest BCUT2D eigenvalue weighted by molar-refractivity contribution is 0.0132. The van der Waals surface area contributed by atoms with E-state index in [4.69, 9.17) is 23.8 Å². The number of fused-ring (bicyclic) bond motifs is 6. The maximum absolute atomic E-state index is 6.35. The smallest absolute Gasteiger partial charge is 0.173 e. The van der Waals surface area contributed by atoms with Crippen molar-refractivity contribution in [1.29, 1.82) is 0 Å². The number of nitrogens with zero attached hydrogens (tertiary/aromatic N) is 2. The van der Waals surface area contributed by atoms with Crippen molar-refractivity contribution < 1.29 is 0 Å². The molecule has 5 heteroatoms. The molecule has 1 aromatic rings. The second-order valence-electron chi connectivity index (χ2n) is 8.61. The van der Waals surface area contributed by atoms with Crippen LogP contribution in [-0.4, -0.2) is 46.6 Å². The van der Waals surface area contributed by atoms with E-state index in [2.05, 4.69) is 21.2 Å². The molecule has 144 valence electrons. The van der Waals surface area contributed by atoms with Crippen molar-refractivity contribution >= 4 is 34.6 Å². The van der Waals surface area contributed by atoms with Crippen molar-refractivity contribution in [1.82, 2.24) is 9.80 Å². The van der Waals surface area contributed by atoms with Crippen LogP contribution in [0.4, 0.5) is 5.69 Å². The third kappa shape index (κ3) is 3.30. The fraction of sp³-hybridized carbons (Fsp3) is 0.591. The molecule has 3 heterocycles. The molecule has 3 fully saturated rings. The van der Waals surface area contributed by atoms with E-state index in [0.717, 1.165) is 34.3 Å². The topological polar surface area (TPSA) is 18.5 Å². The van der Waals surface area contributed by atoms with Gasteiger partial charge in [-0.25, -0.2) is 0 Å². The van der Waals surface area contributed by atoms with Crippen molar-refractivity contribution in [3.8, 4) is 0 Å². The van der Waals surface area contributed by atoms with E-state index >= 15 is 0 Å². The molecule has 3 aliphatic heterocycles. The summed E-state index contributed by atoms with van der Waals surface area (Å²) in [5, 5.41) is 4.99. The minimum atomic E-state index is 0.473. The third-order valence-corrected chi connectivity index (χ3v) is 7.70. The van der Waals surface area contributed by atoms with Gasteiger partial charge in [0.1, 0.15) is 0 Å². The van der Waals surface area contributed by atoms with Gasteiger partial charge in [-0.15, -0.1) is 0 Å². The summed E-state index contributed by atoms with van der Waals surface area (Å²) in [5.74, 6) is 1.47. The number of halogens is 1. The zero-order chi connectivity index (χ0) is 18.4. The lowest BCUT2D eigenvalue weighted by atomic mass is 9.68. The van der Waals surface area contributed by atoms with Crippen LogP contribution >= 0.6 is 23.8 Å². The molecule has 0 radical (unpaired) electrons. The SMILES string of the molecule is S=C(Nc1ccccc1Cl)N1CCCC2=C[C@@H]3C[C@@H](CN4CCCC[C@H]34)[C@@H]21. The van der Waals surface area contributed by atoms with Gasteiger partial charge >= 0.3 is 0 Å². The molecule has 0 spiro atoms. The monoisotopic (exact) mass is 401 g/mol. The lowest BCUT2D eigenvalue weighted by Crippen LogP contribution is -2.60. The number of thiocarbonyl (C=S) groups is 1. The molecule has 4 aliphatic rings. The maximum Gasteiger partial charge on any atom is 0.173 e. The fourth-order valence-electron chi connectivity index (χ4n) is 5.95. The van der Waals surface area contributed by atoms with E-state index in [1.54, 1.807) is 5.57 Å². The Morgan fingerprint density at radius 1 is 1.15 bits per heavy atom. The molecule has 3 nitrogen and oxygen atoms in total. The highest BCUT2D eigenvalue weighted by Gasteiger charge is 2.46. The Balaban J connectivity index is 1.40. The second-order valence-corrected chi connectivity index (χ2v) is 9.40. The average molecular weight is 402 g/mol. The quantitative estimate of drug-likeness (QED) is 0.530. The van der Waals surface area contributed by atoms with Gasteiger partial charge < -0.3 is 10.2 Å². The van der Waals surface area contributed by atoms with Crippen molar-refractivity contribution in [3.05, 3.63) is 40.9 Å². The van der Waals surface area contributed by atoms with E-state index in [1.165, 1.54) is 51.6 Å². The highest BCUT2D eigenvalue weighted by atomic mass is 35.5. The number of para-hydroxylation sites is 1. The van der Waals surface area contributed by atoms with Gasteiger partial charge in [0.2, 0.25) is 0 Å². The van der Waals surface area contributed by atoms with Crippen molar-refractivity contribution in [3.63, 3.8) is 0 Å². The van der Waals surface area contributed by atoms with Crippen LogP contribution in [0.5, 0.6) is 0 Å². The summed E-state index contributed by atoms with van der Waals surface area (Å²) in [6.45, 7) is 3.58. The number of piperidine rings is 3. The minimum absolute atomic E-state index is 0.473.